The van der Waals surface area contributed by atoms with Crippen LogP contribution in [-0.4, -0.2) is 71.5 Å². The number of nitrogens with zero attached hydrogens (tertiary/aromatic N) is 2. The second-order valence-corrected chi connectivity index (χ2v) is 13.2. The molecule has 0 radical (unpaired) electrons. The quantitative estimate of drug-likeness (QED) is 0.667. The van der Waals surface area contributed by atoms with Crippen LogP contribution in [0.15, 0.2) is 0 Å². The number of aliphatic hydroxyl groups excluding tert-OH is 2. The summed E-state index contributed by atoms with van der Waals surface area (Å²) in [5, 5.41) is 19.4. The molecule has 4 heteroatoms. The highest BCUT2D eigenvalue weighted by Gasteiger charge is 2.70. The average Bonchev–Trinajstić information content (AvgIpc) is 2.66. The monoisotopic (exact) mass is 416 g/mol. The van der Waals surface area contributed by atoms with Crippen molar-refractivity contribution in [2.24, 2.45) is 34.5 Å². The highest BCUT2D eigenvalue weighted by molar-refractivity contribution is 5.22. The Morgan fingerprint density at radius 1 is 0.600 bits per heavy atom. The second-order valence-electron chi connectivity index (χ2n) is 13.2. The number of hydrogen-bond acceptors (Lipinski definition) is 4. The lowest BCUT2D eigenvalue weighted by Crippen LogP contribution is -2.71. The van der Waals surface area contributed by atoms with Crippen molar-refractivity contribution in [1.29, 1.82) is 0 Å². The third-order valence-electron chi connectivity index (χ3n) is 11.7. The summed E-state index contributed by atoms with van der Waals surface area (Å²) in [5.41, 5.74) is 1.81. The second kappa shape index (κ2) is 6.68. The van der Waals surface area contributed by atoms with Crippen molar-refractivity contribution in [3.05, 3.63) is 0 Å². The van der Waals surface area contributed by atoms with Crippen molar-refractivity contribution in [2.45, 2.75) is 88.1 Å². The summed E-state index contributed by atoms with van der Waals surface area (Å²) in [6.45, 7) is 2.28. The van der Waals surface area contributed by atoms with Crippen LogP contribution in [-0.2, 0) is 0 Å². The molecular weight excluding hydrogens is 372 g/mol. The smallest absolute Gasteiger partial charge is 0.0558 e. The number of likely N-dealkylation sites (N-methyl/N-ethyl adjacent to an activating group) is 2. The third-order valence-corrected chi connectivity index (χ3v) is 11.7. The van der Waals surface area contributed by atoms with Gasteiger partial charge in [0.25, 0.3) is 0 Å². The van der Waals surface area contributed by atoms with Gasteiger partial charge in [0.15, 0.2) is 0 Å². The van der Waals surface area contributed by atoms with E-state index in [0.717, 1.165) is 36.8 Å². The molecule has 0 saturated heterocycles. The van der Waals surface area contributed by atoms with Crippen LogP contribution < -0.4 is 0 Å². The number of rotatable bonds is 7. The molecule has 4 nitrogen and oxygen atoms in total. The maximum Gasteiger partial charge on any atom is 0.0558 e. The molecule has 0 aliphatic heterocycles. The first-order chi connectivity index (χ1) is 14.4. The van der Waals surface area contributed by atoms with E-state index in [2.05, 4.69) is 23.9 Å². The maximum atomic E-state index is 9.71. The van der Waals surface area contributed by atoms with Gasteiger partial charge in [0.2, 0.25) is 0 Å². The van der Waals surface area contributed by atoms with Crippen LogP contribution in [0, 0.1) is 34.5 Å². The molecule has 8 rings (SSSR count). The number of hydrogen-bond donors (Lipinski definition) is 2. The molecule has 0 aromatic carbocycles. The Kier molecular flexibility index (Phi) is 4.55. The Morgan fingerprint density at radius 2 is 0.933 bits per heavy atom. The molecule has 0 spiro atoms. The minimum Gasteiger partial charge on any atom is -0.395 e. The van der Waals surface area contributed by atoms with Gasteiger partial charge >= 0.3 is 0 Å². The Morgan fingerprint density at radius 3 is 1.23 bits per heavy atom. The zero-order valence-electron chi connectivity index (χ0n) is 19.4. The Hall–Kier alpha value is -0.160. The summed E-state index contributed by atoms with van der Waals surface area (Å²) in [6.07, 6.45) is 17.3. The van der Waals surface area contributed by atoms with E-state index in [9.17, 15) is 10.2 Å². The molecule has 0 heterocycles. The molecular formula is C26H44N2O2. The van der Waals surface area contributed by atoms with E-state index in [-0.39, 0.29) is 0 Å². The standard InChI is InChI=1S/C26H44N2O2/c1-27(3-5-29)25-13-19-7-20(14-25)10-23(9-19,17-25)24-11-21-8-22(12-24)16-26(15-21,18-24)28(2)4-6-30/h19-22,29-30H,3-18H2,1-2H3. The fourth-order valence-corrected chi connectivity index (χ4v) is 11.3. The van der Waals surface area contributed by atoms with Gasteiger partial charge in [0.1, 0.15) is 0 Å². The predicted octanol–water partition coefficient (Wildman–Crippen LogP) is 3.51. The van der Waals surface area contributed by atoms with Gasteiger partial charge in [-0.1, -0.05) is 0 Å². The molecule has 4 atom stereocenters. The van der Waals surface area contributed by atoms with Gasteiger partial charge in [0.05, 0.1) is 13.2 Å². The zero-order valence-corrected chi connectivity index (χ0v) is 19.4. The third kappa shape index (κ3) is 2.66. The van der Waals surface area contributed by atoms with Crippen LogP contribution in [0.4, 0.5) is 0 Å². The minimum absolute atomic E-state index is 0.297. The molecule has 30 heavy (non-hydrogen) atoms. The molecule has 8 fully saturated rings. The van der Waals surface area contributed by atoms with Crippen molar-refractivity contribution < 1.29 is 10.2 Å². The Labute approximate surface area is 183 Å². The lowest BCUT2D eigenvalue weighted by molar-refractivity contribution is -0.241. The zero-order chi connectivity index (χ0) is 20.8. The summed E-state index contributed by atoms with van der Waals surface area (Å²) in [6, 6.07) is 0. The molecule has 8 aliphatic rings. The fourth-order valence-electron chi connectivity index (χ4n) is 11.3. The molecule has 2 N–H and O–H groups in total. The molecule has 8 aliphatic carbocycles. The Bertz CT molecular complexity index is 607. The first-order valence-corrected chi connectivity index (χ1v) is 13.0. The van der Waals surface area contributed by atoms with Crippen molar-refractivity contribution in [3.8, 4) is 0 Å². The van der Waals surface area contributed by atoms with Crippen LogP contribution in [0.2, 0.25) is 0 Å². The largest absolute Gasteiger partial charge is 0.395 e. The van der Waals surface area contributed by atoms with Crippen LogP contribution in [0.25, 0.3) is 0 Å². The van der Waals surface area contributed by atoms with Crippen LogP contribution in [0.1, 0.15) is 77.0 Å². The van der Waals surface area contributed by atoms with Gasteiger partial charge in [-0.3, -0.25) is 9.80 Å². The summed E-state index contributed by atoms with van der Waals surface area (Å²) >= 11 is 0. The number of aliphatic hydroxyl groups is 2. The van der Waals surface area contributed by atoms with Crippen molar-refractivity contribution >= 4 is 0 Å². The van der Waals surface area contributed by atoms with Crippen molar-refractivity contribution in [3.63, 3.8) is 0 Å². The summed E-state index contributed by atoms with van der Waals surface area (Å²) in [7, 11) is 4.63. The van der Waals surface area contributed by atoms with Gasteiger partial charge in [-0.25, -0.2) is 0 Å². The molecule has 4 unspecified atom stereocenters. The van der Waals surface area contributed by atoms with E-state index in [1.807, 2.05) is 0 Å². The van der Waals surface area contributed by atoms with Crippen LogP contribution >= 0.6 is 0 Å². The summed E-state index contributed by atoms with van der Waals surface area (Å²) in [4.78, 5) is 5.18. The van der Waals surface area contributed by atoms with E-state index in [4.69, 9.17) is 0 Å². The SMILES string of the molecule is CN(CCO)C12CC3CC(C1)CC(C14CC5CC(CC(N(C)CCO)(C5)C1)C4)(C3)C2. The van der Waals surface area contributed by atoms with E-state index < -0.39 is 0 Å². The lowest BCUT2D eigenvalue weighted by Gasteiger charge is -2.75. The molecule has 8 saturated carbocycles. The topological polar surface area (TPSA) is 46.9 Å². The summed E-state index contributed by atoms with van der Waals surface area (Å²) < 4.78 is 0. The first-order valence-electron chi connectivity index (χ1n) is 13.0. The van der Waals surface area contributed by atoms with Gasteiger partial charge in [0, 0.05) is 24.2 Å². The average molecular weight is 417 g/mol. The fraction of sp³-hybridized carbons (Fsp3) is 1.00. The van der Waals surface area contributed by atoms with E-state index in [0.29, 0.717) is 35.1 Å². The van der Waals surface area contributed by atoms with E-state index >= 15 is 0 Å². The highest BCUT2D eigenvalue weighted by Crippen LogP contribution is 2.76. The molecule has 8 bridgehead atoms. The molecule has 0 aromatic rings. The minimum atomic E-state index is 0.297. The van der Waals surface area contributed by atoms with E-state index in [1.165, 1.54) is 77.0 Å². The van der Waals surface area contributed by atoms with E-state index in [1.54, 1.807) is 0 Å². The molecule has 0 aromatic heterocycles. The van der Waals surface area contributed by atoms with Gasteiger partial charge in [-0.05, 0) is 126 Å². The first kappa shape index (κ1) is 20.4. The normalized spacial score (nSPS) is 53.4. The van der Waals surface area contributed by atoms with Gasteiger partial charge in [-0.2, -0.15) is 0 Å². The highest BCUT2D eigenvalue weighted by atomic mass is 16.3. The maximum absolute atomic E-state index is 9.71. The van der Waals surface area contributed by atoms with Crippen molar-refractivity contribution in [1.82, 2.24) is 9.80 Å². The number of β-amino-alcohol motifs (C(OH)–C–C–N with tert-alkyl or cyclic N) is 2. The summed E-state index contributed by atoms with van der Waals surface area (Å²) in [5.74, 6) is 3.69. The van der Waals surface area contributed by atoms with Gasteiger partial charge in [-0.15, -0.1) is 0 Å². The van der Waals surface area contributed by atoms with Crippen LogP contribution in [0.3, 0.4) is 0 Å². The molecule has 0 amide bonds. The van der Waals surface area contributed by atoms with Gasteiger partial charge < -0.3 is 10.2 Å². The van der Waals surface area contributed by atoms with Crippen LogP contribution in [0.5, 0.6) is 0 Å². The Balaban J connectivity index is 1.38. The van der Waals surface area contributed by atoms with Crippen molar-refractivity contribution in [2.75, 3.05) is 40.4 Å². The molecule has 170 valence electrons. The predicted molar refractivity (Wildman–Crippen MR) is 119 cm³/mol. The lowest BCUT2D eigenvalue weighted by atomic mass is 9.33.